The first kappa shape index (κ1) is 12.6. The predicted molar refractivity (Wildman–Crippen MR) is 74.1 cm³/mol. The molecule has 2 aromatic heterocycles. The van der Waals surface area contributed by atoms with E-state index >= 15 is 0 Å². The van der Waals surface area contributed by atoms with Gasteiger partial charge in [0.1, 0.15) is 5.69 Å². The summed E-state index contributed by atoms with van der Waals surface area (Å²) in [5, 5.41) is 2.78. The van der Waals surface area contributed by atoms with Crippen molar-refractivity contribution in [3.63, 3.8) is 0 Å². The molecule has 0 aromatic carbocycles. The molecule has 0 spiro atoms. The van der Waals surface area contributed by atoms with Gasteiger partial charge in [-0.1, -0.05) is 12.1 Å². The van der Waals surface area contributed by atoms with Crippen LogP contribution in [0.25, 0.3) is 6.08 Å². The van der Waals surface area contributed by atoms with Crippen LogP contribution in [0.1, 0.15) is 16.2 Å². The molecule has 0 aliphatic heterocycles. The number of aromatic nitrogens is 2. The molecular weight excluding hydrogens is 294 g/mol. The van der Waals surface area contributed by atoms with Gasteiger partial charge in [-0.15, -0.1) is 0 Å². The number of rotatable bonds is 4. The largest absolute Gasteiger partial charge is 0.356 e. The zero-order valence-electron chi connectivity index (χ0n) is 9.56. The molecule has 0 aliphatic rings. The molecule has 0 saturated heterocycles. The molecule has 2 aromatic rings. The number of carbonyl (C=O) groups excluding carboxylic acids is 1. The molecule has 0 atom stereocenters. The zero-order chi connectivity index (χ0) is 12.8. The third-order valence-electron chi connectivity index (χ3n) is 2.25. The lowest BCUT2D eigenvalue weighted by atomic mass is 10.3. The Balaban J connectivity index is 1.82. The van der Waals surface area contributed by atoms with Crippen LogP contribution in [0.3, 0.4) is 0 Å². The number of nitrogens with one attached hydrogen (secondary N) is 2. The highest BCUT2D eigenvalue weighted by atomic mass is 79.9. The molecule has 2 rings (SSSR count). The van der Waals surface area contributed by atoms with Gasteiger partial charge >= 0.3 is 0 Å². The number of H-pyrrole nitrogens is 1. The zero-order valence-corrected chi connectivity index (χ0v) is 11.1. The van der Waals surface area contributed by atoms with E-state index in [4.69, 9.17) is 0 Å². The van der Waals surface area contributed by atoms with Crippen LogP contribution in [0, 0.1) is 0 Å². The van der Waals surface area contributed by atoms with Crippen molar-refractivity contribution in [2.45, 2.75) is 0 Å². The molecule has 18 heavy (non-hydrogen) atoms. The quantitative estimate of drug-likeness (QED) is 0.912. The van der Waals surface area contributed by atoms with Gasteiger partial charge in [0.05, 0.1) is 5.69 Å². The molecular formula is C13H12BrN3O. The third-order valence-corrected chi connectivity index (χ3v) is 2.71. The van der Waals surface area contributed by atoms with Crippen molar-refractivity contribution in [2.75, 3.05) is 6.54 Å². The summed E-state index contributed by atoms with van der Waals surface area (Å²) in [6, 6.07) is 7.42. The summed E-state index contributed by atoms with van der Waals surface area (Å²) in [5.41, 5.74) is 1.41. The van der Waals surface area contributed by atoms with Gasteiger partial charge in [0, 0.05) is 23.4 Å². The highest BCUT2D eigenvalue weighted by molar-refractivity contribution is 9.10. The Hall–Kier alpha value is -1.88. The lowest BCUT2D eigenvalue weighted by molar-refractivity contribution is 0.0953. The average Bonchev–Trinajstić information content (AvgIpc) is 2.82. The summed E-state index contributed by atoms with van der Waals surface area (Å²) in [6.45, 7) is 0.464. The predicted octanol–water partition coefficient (Wildman–Crippen LogP) is 2.62. The van der Waals surface area contributed by atoms with Gasteiger partial charge < -0.3 is 10.3 Å². The Morgan fingerprint density at radius 1 is 1.50 bits per heavy atom. The van der Waals surface area contributed by atoms with Gasteiger partial charge in [-0.2, -0.15) is 0 Å². The fraction of sp³-hybridized carbons (Fsp3) is 0.0769. The fourth-order valence-corrected chi connectivity index (χ4v) is 1.74. The van der Waals surface area contributed by atoms with Crippen molar-refractivity contribution in [1.82, 2.24) is 15.3 Å². The van der Waals surface area contributed by atoms with E-state index in [1.165, 1.54) is 0 Å². The number of amides is 1. The molecule has 1 amide bonds. The van der Waals surface area contributed by atoms with Crippen LogP contribution >= 0.6 is 15.9 Å². The molecule has 0 saturated carbocycles. The molecule has 0 fully saturated rings. The summed E-state index contributed by atoms with van der Waals surface area (Å²) < 4.78 is 0.858. The molecule has 2 heterocycles. The van der Waals surface area contributed by atoms with Crippen LogP contribution in [-0.4, -0.2) is 22.4 Å². The number of hydrogen-bond acceptors (Lipinski definition) is 2. The van der Waals surface area contributed by atoms with E-state index in [9.17, 15) is 4.79 Å². The van der Waals surface area contributed by atoms with Crippen LogP contribution in [0.2, 0.25) is 0 Å². The van der Waals surface area contributed by atoms with Crippen LogP contribution < -0.4 is 5.32 Å². The second kappa shape index (κ2) is 6.16. The standard InChI is InChI=1S/C13H12BrN3O/c14-10-8-12(17-9-10)13(18)16-7-3-5-11-4-1-2-6-15-11/h1-6,8-9,17H,7H2,(H,16,18)/b5-3+. The van der Waals surface area contributed by atoms with E-state index in [-0.39, 0.29) is 5.91 Å². The molecule has 0 radical (unpaired) electrons. The number of pyridine rings is 1. The molecule has 0 aliphatic carbocycles. The second-order valence-electron chi connectivity index (χ2n) is 3.60. The molecule has 0 unspecified atom stereocenters. The van der Waals surface area contributed by atoms with Crippen molar-refractivity contribution >= 4 is 27.9 Å². The SMILES string of the molecule is O=C(NC/C=C/c1ccccn1)c1cc(Br)c[nH]1. The van der Waals surface area contributed by atoms with Crippen molar-refractivity contribution in [3.8, 4) is 0 Å². The molecule has 2 N–H and O–H groups in total. The normalized spacial score (nSPS) is 10.7. The summed E-state index contributed by atoms with van der Waals surface area (Å²) in [6.07, 6.45) is 7.18. The van der Waals surface area contributed by atoms with E-state index in [0.29, 0.717) is 12.2 Å². The Morgan fingerprint density at radius 3 is 3.06 bits per heavy atom. The van der Waals surface area contributed by atoms with Crippen molar-refractivity contribution in [1.29, 1.82) is 0 Å². The maximum atomic E-state index is 11.7. The monoisotopic (exact) mass is 305 g/mol. The third kappa shape index (κ3) is 3.56. The summed E-state index contributed by atoms with van der Waals surface area (Å²) in [7, 11) is 0. The topological polar surface area (TPSA) is 57.8 Å². The number of carbonyl (C=O) groups is 1. The van der Waals surface area contributed by atoms with E-state index in [1.54, 1.807) is 18.5 Å². The van der Waals surface area contributed by atoms with E-state index in [1.807, 2.05) is 30.4 Å². The first-order valence-electron chi connectivity index (χ1n) is 5.45. The smallest absolute Gasteiger partial charge is 0.267 e. The minimum Gasteiger partial charge on any atom is -0.356 e. The average molecular weight is 306 g/mol. The Labute approximate surface area is 113 Å². The Bertz CT molecular complexity index is 548. The number of hydrogen-bond donors (Lipinski definition) is 2. The maximum Gasteiger partial charge on any atom is 0.267 e. The first-order valence-corrected chi connectivity index (χ1v) is 6.25. The number of nitrogens with zero attached hydrogens (tertiary/aromatic N) is 1. The van der Waals surface area contributed by atoms with Gasteiger partial charge in [0.25, 0.3) is 5.91 Å². The van der Waals surface area contributed by atoms with Crippen LogP contribution in [0.5, 0.6) is 0 Å². The molecule has 92 valence electrons. The van der Waals surface area contributed by atoms with Crippen LogP contribution in [0.15, 0.2) is 47.2 Å². The number of halogens is 1. The Morgan fingerprint density at radius 2 is 2.39 bits per heavy atom. The Kier molecular flexibility index (Phi) is 4.30. The van der Waals surface area contributed by atoms with Crippen molar-refractivity contribution in [2.24, 2.45) is 0 Å². The van der Waals surface area contributed by atoms with E-state index < -0.39 is 0 Å². The van der Waals surface area contributed by atoms with Gasteiger partial charge in [-0.3, -0.25) is 9.78 Å². The number of aromatic amines is 1. The van der Waals surface area contributed by atoms with E-state index in [0.717, 1.165) is 10.2 Å². The lowest BCUT2D eigenvalue weighted by Crippen LogP contribution is -2.23. The minimum atomic E-state index is -0.133. The molecule has 0 bridgehead atoms. The fourth-order valence-electron chi connectivity index (χ4n) is 1.40. The molecule has 4 nitrogen and oxygen atoms in total. The summed E-state index contributed by atoms with van der Waals surface area (Å²) in [4.78, 5) is 18.7. The van der Waals surface area contributed by atoms with E-state index in [2.05, 4.69) is 31.2 Å². The first-order chi connectivity index (χ1) is 8.75. The second-order valence-corrected chi connectivity index (χ2v) is 4.51. The molecule has 5 heteroatoms. The van der Waals surface area contributed by atoms with Gasteiger partial charge in [0.2, 0.25) is 0 Å². The minimum absolute atomic E-state index is 0.133. The summed E-state index contributed by atoms with van der Waals surface area (Å²) >= 11 is 3.28. The highest BCUT2D eigenvalue weighted by Crippen LogP contribution is 2.10. The van der Waals surface area contributed by atoms with Gasteiger partial charge in [0.15, 0.2) is 0 Å². The summed E-state index contributed by atoms with van der Waals surface area (Å²) in [5.74, 6) is -0.133. The van der Waals surface area contributed by atoms with Crippen LogP contribution in [0.4, 0.5) is 0 Å². The van der Waals surface area contributed by atoms with Crippen molar-refractivity contribution in [3.05, 3.63) is 58.6 Å². The van der Waals surface area contributed by atoms with Gasteiger partial charge in [-0.05, 0) is 40.2 Å². The lowest BCUT2D eigenvalue weighted by Gasteiger charge is -1.98. The van der Waals surface area contributed by atoms with Gasteiger partial charge in [-0.25, -0.2) is 0 Å². The van der Waals surface area contributed by atoms with Crippen molar-refractivity contribution < 1.29 is 4.79 Å². The van der Waals surface area contributed by atoms with Crippen LogP contribution in [-0.2, 0) is 0 Å². The highest BCUT2D eigenvalue weighted by Gasteiger charge is 2.05. The maximum absolute atomic E-state index is 11.7.